The summed E-state index contributed by atoms with van der Waals surface area (Å²) in [6, 6.07) is 0.141. The third kappa shape index (κ3) is 8.05. The number of carbonyl (C=O) groups is 2. The van der Waals surface area contributed by atoms with Gasteiger partial charge in [-0.2, -0.15) is 0 Å². The highest BCUT2D eigenvalue weighted by Crippen LogP contribution is 2.44. The van der Waals surface area contributed by atoms with E-state index < -0.39 is 0 Å². The molecule has 0 aromatic heterocycles. The molecule has 0 saturated carbocycles. The van der Waals surface area contributed by atoms with E-state index in [9.17, 15) is 9.59 Å². The van der Waals surface area contributed by atoms with Gasteiger partial charge in [0, 0.05) is 17.2 Å². The lowest BCUT2D eigenvalue weighted by molar-refractivity contribution is -0.121. The fourth-order valence-corrected chi connectivity index (χ4v) is 4.00. The Kier molecular flexibility index (Phi) is 10.5. The highest BCUT2D eigenvalue weighted by Gasteiger charge is 2.37. The molecule has 1 aliphatic heterocycles. The quantitative estimate of drug-likeness (QED) is 0.552. The first-order valence-corrected chi connectivity index (χ1v) is 9.42. The summed E-state index contributed by atoms with van der Waals surface area (Å²) in [5.74, 6) is 0.0192. The Morgan fingerprint density at radius 3 is 2.43 bits per heavy atom. The van der Waals surface area contributed by atoms with Crippen LogP contribution in [0.15, 0.2) is 11.6 Å². The average Bonchev–Trinajstić information content (AvgIpc) is 2.67. The van der Waals surface area contributed by atoms with Crippen LogP contribution in [-0.4, -0.2) is 21.8 Å². The Balaban J connectivity index is 0.00000484. The van der Waals surface area contributed by atoms with Crippen LogP contribution in [-0.2, 0) is 9.59 Å². The van der Waals surface area contributed by atoms with E-state index >= 15 is 0 Å². The SMILES string of the molecule is C.CCCCCCCC[C@@]1(C)SC(=O)C=C1CC(=O)NC(C)C. The summed E-state index contributed by atoms with van der Waals surface area (Å²) in [7, 11) is 0. The van der Waals surface area contributed by atoms with Crippen LogP contribution in [0.1, 0.15) is 86.5 Å². The third-order valence-electron chi connectivity index (χ3n) is 4.11. The monoisotopic (exact) mass is 341 g/mol. The van der Waals surface area contributed by atoms with Crippen molar-refractivity contribution in [1.29, 1.82) is 0 Å². The summed E-state index contributed by atoms with van der Waals surface area (Å²) in [6.07, 6.45) is 10.5. The molecule has 0 saturated heterocycles. The van der Waals surface area contributed by atoms with Gasteiger partial charge in [-0.25, -0.2) is 0 Å². The van der Waals surface area contributed by atoms with Gasteiger partial charge in [-0.1, -0.05) is 64.6 Å². The van der Waals surface area contributed by atoms with Crippen LogP contribution in [0, 0.1) is 0 Å². The van der Waals surface area contributed by atoms with Crippen LogP contribution in [0.5, 0.6) is 0 Å². The molecule has 23 heavy (non-hydrogen) atoms. The van der Waals surface area contributed by atoms with Gasteiger partial charge in [0.1, 0.15) is 0 Å². The van der Waals surface area contributed by atoms with Crippen LogP contribution < -0.4 is 5.32 Å². The van der Waals surface area contributed by atoms with Crippen LogP contribution in [0.25, 0.3) is 0 Å². The predicted octanol–water partition coefficient (Wildman–Crippen LogP) is 5.25. The molecule has 1 aliphatic rings. The van der Waals surface area contributed by atoms with Gasteiger partial charge in [0.25, 0.3) is 0 Å². The van der Waals surface area contributed by atoms with Crippen LogP contribution in [0.2, 0.25) is 0 Å². The van der Waals surface area contributed by atoms with Gasteiger partial charge in [-0.3, -0.25) is 9.59 Å². The van der Waals surface area contributed by atoms with Crippen molar-refractivity contribution >= 4 is 22.8 Å². The van der Waals surface area contributed by atoms with Crippen molar-refractivity contribution in [2.24, 2.45) is 0 Å². The van der Waals surface area contributed by atoms with Gasteiger partial charge in [-0.05, 0) is 38.8 Å². The molecule has 3 nitrogen and oxygen atoms in total. The molecule has 0 unspecified atom stereocenters. The number of hydrogen-bond acceptors (Lipinski definition) is 3. The third-order valence-corrected chi connectivity index (χ3v) is 5.34. The molecular weight excluding hydrogens is 306 g/mol. The minimum Gasteiger partial charge on any atom is -0.354 e. The Labute approximate surface area is 147 Å². The smallest absolute Gasteiger partial charge is 0.224 e. The van der Waals surface area contributed by atoms with Gasteiger partial charge >= 0.3 is 0 Å². The van der Waals surface area contributed by atoms with Crippen molar-refractivity contribution in [1.82, 2.24) is 5.32 Å². The van der Waals surface area contributed by atoms with Crippen molar-refractivity contribution in [3.8, 4) is 0 Å². The standard InChI is InChI=1S/C18H31NO2S.CH4/c1-5-6-7-8-9-10-11-18(4)15(13-17(21)22-18)12-16(20)19-14(2)3;/h13-14H,5-12H2,1-4H3,(H,19,20);1H4/t18-;/m1./s1. The number of amides is 1. The van der Waals surface area contributed by atoms with Crippen LogP contribution in [0.4, 0.5) is 0 Å². The first-order valence-electron chi connectivity index (χ1n) is 8.60. The van der Waals surface area contributed by atoms with Crippen molar-refractivity contribution in [2.45, 2.75) is 97.3 Å². The summed E-state index contributed by atoms with van der Waals surface area (Å²) >= 11 is 1.39. The highest BCUT2D eigenvalue weighted by atomic mass is 32.2. The summed E-state index contributed by atoms with van der Waals surface area (Å²) in [5, 5.41) is 3.01. The van der Waals surface area contributed by atoms with Gasteiger partial charge in [0.05, 0.1) is 0 Å². The topological polar surface area (TPSA) is 46.2 Å². The maximum atomic E-state index is 12.0. The molecule has 1 rings (SSSR count). The van der Waals surface area contributed by atoms with E-state index in [1.54, 1.807) is 6.08 Å². The van der Waals surface area contributed by atoms with Gasteiger partial charge < -0.3 is 5.32 Å². The van der Waals surface area contributed by atoms with E-state index in [1.165, 1.54) is 43.9 Å². The lowest BCUT2D eigenvalue weighted by Gasteiger charge is -2.26. The molecule has 1 atom stereocenters. The molecule has 4 heteroatoms. The van der Waals surface area contributed by atoms with E-state index in [-0.39, 0.29) is 29.2 Å². The lowest BCUT2D eigenvalue weighted by atomic mass is 9.91. The molecule has 1 N–H and O–H groups in total. The minimum atomic E-state index is -0.184. The van der Waals surface area contributed by atoms with Crippen LogP contribution >= 0.6 is 11.8 Å². The summed E-state index contributed by atoms with van der Waals surface area (Å²) in [4.78, 5) is 23.8. The normalized spacial score (nSPS) is 20.4. The number of nitrogens with one attached hydrogen (secondary N) is 1. The highest BCUT2D eigenvalue weighted by molar-refractivity contribution is 8.15. The molecule has 1 amide bonds. The molecule has 0 spiro atoms. The van der Waals surface area contributed by atoms with Crippen molar-refractivity contribution in [3.63, 3.8) is 0 Å². The number of rotatable bonds is 10. The van der Waals surface area contributed by atoms with Crippen molar-refractivity contribution in [2.75, 3.05) is 0 Å². The molecule has 0 bridgehead atoms. The maximum absolute atomic E-state index is 12.0. The second-order valence-electron chi connectivity index (χ2n) is 6.74. The predicted molar refractivity (Wildman–Crippen MR) is 102 cm³/mol. The molecule has 134 valence electrons. The zero-order chi connectivity index (χ0) is 16.6. The van der Waals surface area contributed by atoms with E-state index in [0.29, 0.717) is 6.42 Å². The summed E-state index contributed by atoms with van der Waals surface area (Å²) in [6.45, 7) is 8.25. The van der Waals surface area contributed by atoms with Crippen molar-refractivity contribution in [3.05, 3.63) is 11.6 Å². The Hall–Kier alpha value is -0.770. The zero-order valence-corrected chi connectivity index (χ0v) is 15.4. The molecular formula is C19H35NO2S. The van der Waals surface area contributed by atoms with Gasteiger partial charge in [0.15, 0.2) is 0 Å². The summed E-state index contributed by atoms with van der Waals surface area (Å²) < 4.78 is -0.184. The number of carbonyl (C=O) groups excluding carboxylic acids is 2. The molecule has 0 aromatic rings. The van der Waals surface area contributed by atoms with E-state index in [1.807, 2.05) is 13.8 Å². The molecule has 0 radical (unpaired) electrons. The lowest BCUT2D eigenvalue weighted by Crippen LogP contribution is -2.32. The molecule has 0 aromatic carbocycles. The minimum absolute atomic E-state index is 0. The Bertz CT molecular complexity index is 418. The first-order chi connectivity index (χ1) is 10.4. The maximum Gasteiger partial charge on any atom is 0.224 e. The zero-order valence-electron chi connectivity index (χ0n) is 14.5. The van der Waals surface area contributed by atoms with E-state index in [2.05, 4.69) is 19.2 Å². The number of thioether (sulfide) groups is 1. The van der Waals surface area contributed by atoms with Gasteiger partial charge in [0.2, 0.25) is 11.0 Å². The average molecular weight is 342 g/mol. The Morgan fingerprint density at radius 1 is 1.22 bits per heavy atom. The fraction of sp³-hybridized carbons (Fsp3) is 0.789. The van der Waals surface area contributed by atoms with Crippen LogP contribution in [0.3, 0.4) is 0 Å². The number of unbranched alkanes of at least 4 members (excludes halogenated alkanes) is 5. The molecule has 0 fully saturated rings. The molecule has 1 heterocycles. The van der Waals surface area contributed by atoms with Crippen molar-refractivity contribution < 1.29 is 9.59 Å². The number of hydrogen-bond donors (Lipinski definition) is 1. The summed E-state index contributed by atoms with van der Waals surface area (Å²) in [5.41, 5.74) is 0.995. The van der Waals surface area contributed by atoms with E-state index in [0.717, 1.165) is 18.4 Å². The Morgan fingerprint density at radius 2 is 1.83 bits per heavy atom. The first kappa shape index (κ1) is 22.2. The fourth-order valence-electron chi connectivity index (χ4n) is 2.85. The van der Waals surface area contributed by atoms with E-state index in [4.69, 9.17) is 0 Å². The van der Waals surface area contributed by atoms with Gasteiger partial charge in [-0.15, -0.1) is 0 Å². The largest absolute Gasteiger partial charge is 0.354 e. The molecule has 0 aliphatic carbocycles. The second kappa shape index (κ2) is 10.9. The second-order valence-corrected chi connectivity index (χ2v) is 8.25.